The molecule has 1 heterocycles. The predicted octanol–water partition coefficient (Wildman–Crippen LogP) is 3.09. The van der Waals surface area contributed by atoms with Gasteiger partial charge in [-0.1, -0.05) is 41.0 Å². The Morgan fingerprint density at radius 2 is 2.00 bits per heavy atom. The Kier molecular flexibility index (Phi) is 2.82. The minimum absolute atomic E-state index is 0.419. The van der Waals surface area contributed by atoms with Crippen LogP contribution in [0, 0.1) is 17.3 Å². The first-order valence-electron chi connectivity index (χ1n) is 5.10. The first-order valence-corrected chi connectivity index (χ1v) is 5.10. The SMILES string of the molecule is CCC(C)C(C)C1OCC1(C)C. The third-order valence-electron chi connectivity index (χ3n) is 3.42. The van der Waals surface area contributed by atoms with Crippen LogP contribution in [0.5, 0.6) is 0 Å². The van der Waals surface area contributed by atoms with Crippen molar-refractivity contribution in [3.05, 3.63) is 0 Å². The second-order valence-electron chi connectivity index (χ2n) is 4.96. The second-order valence-corrected chi connectivity index (χ2v) is 4.96. The first-order chi connectivity index (χ1) is 5.49. The Labute approximate surface area is 76.5 Å². The highest BCUT2D eigenvalue weighted by atomic mass is 16.5. The molecule has 3 atom stereocenters. The van der Waals surface area contributed by atoms with Gasteiger partial charge in [-0.15, -0.1) is 0 Å². The van der Waals surface area contributed by atoms with Crippen LogP contribution in [0.15, 0.2) is 0 Å². The highest BCUT2D eigenvalue weighted by molar-refractivity contribution is 4.91. The van der Waals surface area contributed by atoms with Crippen molar-refractivity contribution >= 4 is 0 Å². The third kappa shape index (κ3) is 1.66. The van der Waals surface area contributed by atoms with E-state index in [-0.39, 0.29) is 0 Å². The topological polar surface area (TPSA) is 9.23 Å². The zero-order valence-corrected chi connectivity index (χ0v) is 9.05. The molecule has 3 unspecified atom stereocenters. The van der Waals surface area contributed by atoms with Crippen LogP contribution in [-0.4, -0.2) is 12.7 Å². The van der Waals surface area contributed by atoms with Crippen molar-refractivity contribution in [2.45, 2.75) is 47.1 Å². The van der Waals surface area contributed by atoms with Crippen LogP contribution >= 0.6 is 0 Å². The highest BCUT2D eigenvalue weighted by Gasteiger charge is 2.44. The van der Waals surface area contributed by atoms with Gasteiger partial charge in [-0.2, -0.15) is 0 Å². The summed E-state index contributed by atoms with van der Waals surface area (Å²) in [4.78, 5) is 0. The highest BCUT2D eigenvalue weighted by Crippen LogP contribution is 2.41. The quantitative estimate of drug-likeness (QED) is 0.632. The maximum absolute atomic E-state index is 5.63. The maximum atomic E-state index is 5.63. The molecule has 1 aliphatic rings. The summed E-state index contributed by atoms with van der Waals surface area (Å²) in [6.45, 7) is 12.5. The zero-order chi connectivity index (χ0) is 9.35. The molecular weight excluding hydrogens is 148 g/mol. The lowest BCUT2D eigenvalue weighted by molar-refractivity contribution is -0.198. The third-order valence-corrected chi connectivity index (χ3v) is 3.42. The van der Waals surface area contributed by atoms with E-state index in [0.717, 1.165) is 12.5 Å². The normalized spacial score (nSPS) is 32.2. The standard InChI is InChI=1S/C11H22O/c1-6-8(2)9(3)10-11(4,5)7-12-10/h8-10H,6-7H2,1-5H3. The van der Waals surface area contributed by atoms with E-state index in [1.165, 1.54) is 6.42 Å². The summed E-state index contributed by atoms with van der Waals surface area (Å²) in [5, 5.41) is 0. The molecule has 72 valence electrons. The Balaban J connectivity index is 2.48. The molecule has 1 fully saturated rings. The predicted molar refractivity (Wildman–Crippen MR) is 52.1 cm³/mol. The number of ether oxygens (including phenoxy) is 1. The summed E-state index contributed by atoms with van der Waals surface area (Å²) in [6.07, 6.45) is 1.75. The Bertz CT molecular complexity index is 151. The van der Waals surface area contributed by atoms with Crippen LogP contribution in [-0.2, 0) is 4.74 Å². The lowest BCUT2D eigenvalue weighted by Crippen LogP contribution is -2.52. The molecule has 0 aromatic heterocycles. The maximum Gasteiger partial charge on any atom is 0.0676 e. The Morgan fingerprint density at radius 1 is 1.42 bits per heavy atom. The fourth-order valence-electron chi connectivity index (χ4n) is 2.05. The Hall–Kier alpha value is -0.0400. The van der Waals surface area contributed by atoms with E-state index in [1.54, 1.807) is 0 Å². The van der Waals surface area contributed by atoms with E-state index in [4.69, 9.17) is 4.74 Å². The van der Waals surface area contributed by atoms with Crippen LogP contribution in [0.3, 0.4) is 0 Å². The number of rotatable bonds is 3. The molecular formula is C11H22O. The van der Waals surface area contributed by atoms with Crippen LogP contribution < -0.4 is 0 Å². The fourth-order valence-corrected chi connectivity index (χ4v) is 2.05. The molecule has 12 heavy (non-hydrogen) atoms. The average Bonchev–Trinajstić information content (AvgIpc) is 2.01. The van der Waals surface area contributed by atoms with Gasteiger partial charge in [0, 0.05) is 5.41 Å². The molecule has 0 bridgehead atoms. The summed E-state index contributed by atoms with van der Waals surface area (Å²) in [5.74, 6) is 1.49. The second kappa shape index (κ2) is 3.37. The first kappa shape index (κ1) is 10.0. The lowest BCUT2D eigenvalue weighted by atomic mass is 9.72. The molecule has 0 amide bonds. The molecule has 1 aliphatic heterocycles. The molecule has 1 nitrogen and oxygen atoms in total. The zero-order valence-electron chi connectivity index (χ0n) is 9.05. The van der Waals surface area contributed by atoms with Gasteiger partial charge in [-0.05, 0) is 11.8 Å². The van der Waals surface area contributed by atoms with Crippen LogP contribution in [0.2, 0.25) is 0 Å². The van der Waals surface area contributed by atoms with Crippen molar-refractivity contribution in [3.8, 4) is 0 Å². The van der Waals surface area contributed by atoms with Gasteiger partial charge >= 0.3 is 0 Å². The van der Waals surface area contributed by atoms with Gasteiger partial charge in [0.25, 0.3) is 0 Å². The van der Waals surface area contributed by atoms with Crippen LogP contribution in [0.1, 0.15) is 41.0 Å². The van der Waals surface area contributed by atoms with Gasteiger partial charge in [0.05, 0.1) is 12.7 Å². The monoisotopic (exact) mass is 170 g/mol. The lowest BCUT2D eigenvalue weighted by Gasteiger charge is -2.49. The minimum atomic E-state index is 0.419. The van der Waals surface area contributed by atoms with E-state index in [9.17, 15) is 0 Å². The molecule has 0 aliphatic carbocycles. The van der Waals surface area contributed by atoms with Crippen molar-refractivity contribution in [1.29, 1.82) is 0 Å². The summed E-state index contributed by atoms with van der Waals surface area (Å²) < 4.78 is 5.63. The fraction of sp³-hybridized carbons (Fsp3) is 1.00. The van der Waals surface area contributed by atoms with Crippen LogP contribution in [0.25, 0.3) is 0 Å². The van der Waals surface area contributed by atoms with Gasteiger partial charge in [0.15, 0.2) is 0 Å². The molecule has 0 aromatic carbocycles. The van der Waals surface area contributed by atoms with E-state index in [0.29, 0.717) is 17.4 Å². The molecule has 1 rings (SSSR count). The molecule has 0 N–H and O–H groups in total. The average molecular weight is 170 g/mol. The van der Waals surface area contributed by atoms with Crippen LogP contribution in [0.4, 0.5) is 0 Å². The summed E-state index contributed by atoms with van der Waals surface area (Å²) in [5.41, 5.74) is 0.419. The molecule has 0 saturated carbocycles. The van der Waals surface area contributed by atoms with Gasteiger partial charge in [-0.25, -0.2) is 0 Å². The number of hydrogen-bond acceptors (Lipinski definition) is 1. The van der Waals surface area contributed by atoms with Crippen molar-refractivity contribution in [3.63, 3.8) is 0 Å². The largest absolute Gasteiger partial charge is 0.377 e. The van der Waals surface area contributed by atoms with E-state index in [2.05, 4.69) is 34.6 Å². The molecule has 0 spiro atoms. The molecule has 1 heteroatoms. The van der Waals surface area contributed by atoms with Crippen molar-refractivity contribution < 1.29 is 4.74 Å². The Morgan fingerprint density at radius 3 is 2.25 bits per heavy atom. The van der Waals surface area contributed by atoms with E-state index < -0.39 is 0 Å². The van der Waals surface area contributed by atoms with E-state index >= 15 is 0 Å². The minimum Gasteiger partial charge on any atom is -0.377 e. The van der Waals surface area contributed by atoms with Crippen molar-refractivity contribution in [2.24, 2.45) is 17.3 Å². The van der Waals surface area contributed by atoms with E-state index in [1.807, 2.05) is 0 Å². The molecule has 0 aromatic rings. The molecule has 0 radical (unpaired) electrons. The van der Waals surface area contributed by atoms with Gasteiger partial charge < -0.3 is 4.74 Å². The van der Waals surface area contributed by atoms with Crippen molar-refractivity contribution in [1.82, 2.24) is 0 Å². The summed E-state index contributed by atoms with van der Waals surface area (Å²) in [6, 6.07) is 0. The molecule has 1 saturated heterocycles. The summed E-state index contributed by atoms with van der Waals surface area (Å²) >= 11 is 0. The summed E-state index contributed by atoms with van der Waals surface area (Å²) in [7, 11) is 0. The van der Waals surface area contributed by atoms with Crippen molar-refractivity contribution in [2.75, 3.05) is 6.61 Å². The van der Waals surface area contributed by atoms with Gasteiger partial charge in [0.1, 0.15) is 0 Å². The van der Waals surface area contributed by atoms with Gasteiger partial charge in [-0.3, -0.25) is 0 Å². The number of hydrogen-bond donors (Lipinski definition) is 0. The van der Waals surface area contributed by atoms with Gasteiger partial charge in [0.2, 0.25) is 0 Å². The smallest absolute Gasteiger partial charge is 0.0676 e.